The van der Waals surface area contributed by atoms with Crippen LogP contribution in [0.3, 0.4) is 0 Å². The van der Waals surface area contributed by atoms with Crippen LogP contribution in [0.2, 0.25) is 0 Å². The summed E-state index contributed by atoms with van der Waals surface area (Å²) in [6.45, 7) is 1.94. The highest BCUT2D eigenvalue weighted by Crippen LogP contribution is 2.21. The van der Waals surface area contributed by atoms with Gasteiger partial charge in [0.1, 0.15) is 5.82 Å². The van der Waals surface area contributed by atoms with Crippen LogP contribution in [0.1, 0.15) is 11.3 Å². The van der Waals surface area contributed by atoms with Gasteiger partial charge in [-0.1, -0.05) is 0 Å². The number of pyridine rings is 2. The summed E-state index contributed by atoms with van der Waals surface area (Å²) >= 11 is 0. The van der Waals surface area contributed by atoms with Gasteiger partial charge in [0.2, 0.25) is 0 Å². The van der Waals surface area contributed by atoms with Crippen LogP contribution in [0.4, 0.5) is 17.2 Å². The number of aromatic nitrogens is 2. The van der Waals surface area contributed by atoms with Crippen LogP contribution in [-0.2, 0) is 0 Å². The zero-order chi connectivity index (χ0) is 13.0. The lowest BCUT2D eigenvalue weighted by molar-refractivity contribution is 1.20. The molecule has 0 unspecified atom stereocenters. The van der Waals surface area contributed by atoms with Gasteiger partial charge in [-0.2, -0.15) is 0 Å². The van der Waals surface area contributed by atoms with E-state index in [1.807, 2.05) is 25.1 Å². The zero-order valence-electron chi connectivity index (χ0n) is 10.4. The number of rotatable bonds is 4. The summed E-state index contributed by atoms with van der Waals surface area (Å²) in [5.41, 5.74) is 3.46. The molecule has 0 saturated carbocycles. The van der Waals surface area contributed by atoms with Gasteiger partial charge >= 0.3 is 0 Å². The van der Waals surface area contributed by atoms with Crippen LogP contribution in [-0.4, -0.2) is 23.2 Å². The number of nitrogens with zero attached hydrogens (tertiary/aromatic N) is 2. The minimum absolute atomic E-state index is 0.741. The average Bonchev–Trinajstić information content (AvgIpc) is 2.39. The minimum Gasteiger partial charge on any atom is -0.373 e. The monoisotopic (exact) mass is 241 g/mol. The molecular formula is C13H15N5. The molecule has 5 heteroatoms. The number of hydrogen-bond acceptors (Lipinski definition) is 5. The molecular weight excluding hydrogens is 226 g/mol. The van der Waals surface area contributed by atoms with E-state index in [4.69, 9.17) is 5.41 Å². The molecule has 2 aromatic rings. The Labute approximate surface area is 106 Å². The fourth-order valence-electron chi connectivity index (χ4n) is 1.61. The molecule has 92 valence electrons. The average molecular weight is 241 g/mol. The summed E-state index contributed by atoms with van der Waals surface area (Å²) in [5.74, 6) is 0.741. The van der Waals surface area contributed by atoms with Crippen LogP contribution < -0.4 is 10.6 Å². The normalized spacial score (nSPS) is 9.89. The van der Waals surface area contributed by atoms with Crippen LogP contribution in [0.25, 0.3) is 0 Å². The molecule has 5 nitrogen and oxygen atoms in total. The number of hydrogen-bond donors (Lipinski definition) is 3. The summed E-state index contributed by atoms with van der Waals surface area (Å²) < 4.78 is 0. The van der Waals surface area contributed by atoms with E-state index >= 15 is 0 Å². The lowest BCUT2D eigenvalue weighted by Gasteiger charge is -2.10. The molecule has 2 heterocycles. The smallest absolute Gasteiger partial charge is 0.126 e. The van der Waals surface area contributed by atoms with Gasteiger partial charge in [0.25, 0.3) is 0 Å². The van der Waals surface area contributed by atoms with Gasteiger partial charge in [0.15, 0.2) is 0 Å². The topological polar surface area (TPSA) is 73.7 Å². The Bertz CT molecular complexity index is 565. The first-order chi connectivity index (χ1) is 8.72. The second-order valence-corrected chi connectivity index (χ2v) is 3.86. The van der Waals surface area contributed by atoms with E-state index in [1.54, 1.807) is 19.4 Å². The Morgan fingerprint density at radius 1 is 1.28 bits per heavy atom. The van der Waals surface area contributed by atoms with E-state index in [2.05, 4.69) is 20.6 Å². The fourth-order valence-corrected chi connectivity index (χ4v) is 1.61. The molecule has 0 radical (unpaired) electrons. The molecule has 0 bridgehead atoms. The van der Waals surface area contributed by atoms with Crippen molar-refractivity contribution in [2.45, 2.75) is 6.92 Å². The molecule has 0 atom stereocenters. The van der Waals surface area contributed by atoms with Crippen molar-refractivity contribution >= 4 is 23.4 Å². The van der Waals surface area contributed by atoms with E-state index in [-0.39, 0.29) is 0 Å². The summed E-state index contributed by atoms with van der Waals surface area (Å²) in [7, 11) is 1.80. The van der Waals surface area contributed by atoms with E-state index in [0.29, 0.717) is 0 Å². The fraction of sp³-hybridized carbons (Fsp3) is 0.154. The molecule has 0 amide bonds. The Morgan fingerprint density at radius 3 is 2.78 bits per heavy atom. The first-order valence-corrected chi connectivity index (χ1v) is 5.61. The first kappa shape index (κ1) is 12.0. The van der Waals surface area contributed by atoms with E-state index < -0.39 is 0 Å². The molecule has 0 saturated heterocycles. The largest absolute Gasteiger partial charge is 0.373 e. The zero-order valence-corrected chi connectivity index (χ0v) is 10.4. The Balaban J connectivity index is 2.31. The standard InChI is InChI=1S/C13H15N5/c1-9-5-11(3-4-16-9)18-12-8-17-13(15-2)6-10(12)7-14/h3-8,14H,1-2H3,(H,15,17)(H,16,18). The van der Waals surface area contributed by atoms with Gasteiger partial charge in [0, 0.05) is 36.4 Å². The Kier molecular flexibility index (Phi) is 3.52. The lowest BCUT2D eigenvalue weighted by atomic mass is 10.2. The molecule has 18 heavy (non-hydrogen) atoms. The van der Waals surface area contributed by atoms with Gasteiger partial charge in [-0.25, -0.2) is 4.98 Å². The third-order valence-electron chi connectivity index (χ3n) is 2.52. The van der Waals surface area contributed by atoms with Gasteiger partial charge in [-0.05, 0) is 25.1 Å². The summed E-state index contributed by atoms with van der Waals surface area (Å²) in [6.07, 6.45) is 4.76. The van der Waals surface area contributed by atoms with Crippen molar-refractivity contribution in [3.05, 3.63) is 41.9 Å². The van der Waals surface area contributed by atoms with Crippen LogP contribution in [0, 0.1) is 12.3 Å². The van der Waals surface area contributed by atoms with Crippen molar-refractivity contribution in [1.82, 2.24) is 9.97 Å². The molecule has 3 N–H and O–H groups in total. The molecule has 0 aliphatic carbocycles. The van der Waals surface area contributed by atoms with Crippen molar-refractivity contribution in [2.24, 2.45) is 0 Å². The van der Waals surface area contributed by atoms with E-state index in [9.17, 15) is 0 Å². The maximum Gasteiger partial charge on any atom is 0.126 e. The lowest BCUT2D eigenvalue weighted by Crippen LogP contribution is -2.00. The van der Waals surface area contributed by atoms with Gasteiger partial charge in [-0.3, -0.25) is 4.98 Å². The van der Waals surface area contributed by atoms with Crippen molar-refractivity contribution in [3.8, 4) is 0 Å². The Hall–Kier alpha value is -2.43. The summed E-state index contributed by atoms with van der Waals surface area (Å²) in [5, 5.41) is 13.6. The molecule has 0 fully saturated rings. The molecule has 2 rings (SSSR count). The van der Waals surface area contributed by atoms with Crippen molar-refractivity contribution in [2.75, 3.05) is 17.7 Å². The highest BCUT2D eigenvalue weighted by molar-refractivity contribution is 5.88. The summed E-state index contributed by atoms with van der Waals surface area (Å²) in [4.78, 5) is 8.37. The minimum atomic E-state index is 0.741. The number of aryl methyl sites for hydroxylation is 1. The van der Waals surface area contributed by atoms with Crippen molar-refractivity contribution in [3.63, 3.8) is 0 Å². The summed E-state index contributed by atoms with van der Waals surface area (Å²) in [6, 6.07) is 5.65. The van der Waals surface area contributed by atoms with E-state index in [0.717, 1.165) is 28.5 Å². The van der Waals surface area contributed by atoms with Crippen LogP contribution >= 0.6 is 0 Å². The molecule has 0 aromatic carbocycles. The molecule has 2 aromatic heterocycles. The maximum absolute atomic E-state index is 7.43. The first-order valence-electron chi connectivity index (χ1n) is 5.61. The highest BCUT2D eigenvalue weighted by Gasteiger charge is 2.03. The van der Waals surface area contributed by atoms with Crippen LogP contribution in [0.5, 0.6) is 0 Å². The molecule has 0 aliphatic heterocycles. The third-order valence-corrected chi connectivity index (χ3v) is 2.52. The van der Waals surface area contributed by atoms with Gasteiger partial charge in [-0.15, -0.1) is 0 Å². The quantitative estimate of drug-likeness (QED) is 0.719. The third kappa shape index (κ3) is 2.63. The molecule has 0 aliphatic rings. The number of anilines is 3. The van der Waals surface area contributed by atoms with Gasteiger partial charge < -0.3 is 16.0 Å². The second kappa shape index (κ2) is 5.27. The Morgan fingerprint density at radius 2 is 2.11 bits per heavy atom. The predicted molar refractivity (Wildman–Crippen MR) is 73.9 cm³/mol. The second-order valence-electron chi connectivity index (χ2n) is 3.86. The predicted octanol–water partition coefficient (Wildman–Crippen LogP) is 2.57. The number of nitrogens with one attached hydrogen (secondary N) is 3. The van der Waals surface area contributed by atoms with Crippen LogP contribution in [0.15, 0.2) is 30.6 Å². The SMILES string of the molecule is CNc1cc(C=N)c(Nc2ccnc(C)c2)cn1. The van der Waals surface area contributed by atoms with Gasteiger partial charge in [0.05, 0.1) is 11.9 Å². The highest BCUT2D eigenvalue weighted by atomic mass is 15.0. The van der Waals surface area contributed by atoms with Crippen molar-refractivity contribution < 1.29 is 0 Å². The van der Waals surface area contributed by atoms with E-state index in [1.165, 1.54) is 6.21 Å². The molecule has 0 spiro atoms. The maximum atomic E-state index is 7.43. The van der Waals surface area contributed by atoms with Crippen molar-refractivity contribution in [1.29, 1.82) is 5.41 Å².